The van der Waals surface area contributed by atoms with Gasteiger partial charge in [0.2, 0.25) is 5.75 Å². The summed E-state index contributed by atoms with van der Waals surface area (Å²) < 4.78 is 1.22. The molecule has 6 heteroatoms. The summed E-state index contributed by atoms with van der Waals surface area (Å²) in [6.45, 7) is 0. The minimum Gasteiger partial charge on any atom is -0.501 e. The number of thiophene rings is 1. The van der Waals surface area contributed by atoms with E-state index in [0.29, 0.717) is 4.70 Å². The van der Waals surface area contributed by atoms with Crippen LogP contribution < -0.4 is 0 Å². The zero-order chi connectivity index (χ0) is 10.3. The number of thiol groups is 1. The van der Waals surface area contributed by atoms with Crippen molar-refractivity contribution in [3.63, 3.8) is 0 Å². The Balaban J connectivity index is 2.80. The second-order valence-corrected chi connectivity index (χ2v) is 4.53. The van der Waals surface area contributed by atoms with E-state index in [1.54, 1.807) is 12.1 Å². The molecule has 1 N–H and O–H groups in total. The first kappa shape index (κ1) is 9.29. The van der Waals surface area contributed by atoms with Crippen LogP contribution in [0.1, 0.15) is 0 Å². The van der Waals surface area contributed by atoms with E-state index in [2.05, 4.69) is 12.6 Å². The summed E-state index contributed by atoms with van der Waals surface area (Å²) >= 11 is 5.33. The van der Waals surface area contributed by atoms with E-state index in [4.69, 9.17) is 0 Å². The molecular formula is C8H5NO3S2. The Hall–Kier alpha value is -1.27. The monoisotopic (exact) mass is 227 g/mol. The molecule has 0 aliphatic carbocycles. The lowest BCUT2D eigenvalue weighted by atomic mass is 10.2. The van der Waals surface area contributed by atoms with E-state index in [9.17, 15) is 15.2 Å². The van der Waals surface area contributed by atoms with Crippen LogP contribution in [0.4, 0.5) is 5.69 Å². The minimum atomic E-state index is -0.604. The topological polar surface area (TPSA) is 63.4 Å². The molecule has 0 aliphatic rings. The van der Waals surface area contributed by atoms with E-state index in [-0.39, 0.29) is 11.4 Å². The maximum atomic E-state index is 10.5. The molecule has 0 atom stereocenters. The maximum absolute atomic E-state index is 10.5. The molecule has 0 saturated carbocycles. The average molecular weight is 227 g/mol. The van der Waals surface area contributed by atoms with Crippen LogP contribution in [0.25, 0.3) is 10.1 Å². The average Bonchev–Trinajstić information content (AvgIpc) is 2.46. The lowest BCUT2D eigenvalue weighted by Gasteiger charge is -1.95. The second kappa shape index (κ2) is 3.14. The van der Waals surface area contributed by atoms with Gasteiger partial charge in [-0.25, -0.2) is 0 Å². The van der Waals surface area contributed by atoms with E-state index < -0.39 is 4.92 Å². The second-order valence-electron chi connectivity index (χ2n) is 2.69. The van der Waals surface area contributed by atoms with E-state index in [1.807, 2.05) is 0 Å². The van der Waals surface area contributed by atoms with Crippen LogP contribution in [0.2, 0.25) is 0 Å². The fourth-order valence-electron chi connectivity index (χ4n) is 1.21. The molecule has 72 valence electrons. The molecule has 0 unspecified atom stereocenters. The molecule has 0 amide bonds. The Morgan fingerprint density at radius 3 is 2.86 bits per heavy atom. The predicted octanol–water partition coefficient (Wildman–Crippen LogP) is 2.80. The third kappa shape index (κ3) is 1.32. The highest BCUT2D eigenvalue weighted by Crippen LogP contribution is 2.40. The summed E-state index contributed by atoms with van der Waals surface area (Å²) in [5.74, 6) is -0.280. The summed E-state index contributed by atoms with van der Waals surface area (Å²) in [6.07, 6.45) is 0. The maximum Gasteiger partial charge on any atom is 0.312 e. The molecule has 1 aromatic heterocycles. The highest BCUT2D eigenvalue weighted by atomic mass is 32.2. The molecule has 0 radical (unpaired) electrons. The van der Waals surface area contributed by atoms with Crippen molar-refractivity contribution in [2.75, 3.05) is 0 Å². The molecule has 0 aliphatic heterocycles. The molecule has 0 saturated heterocycles. The van der Waals surface area contributed by atoms with Crippen molar-refractivity contribution in [3.8, 4) is 5.75 Å². The number of aromatic hydroxyl groups is 1. The highest BCUT2D eigenvalue weighted by Gasteiger charge is 2.17. The number of phenolic OH excluding ortho intramolecular Hbond substituents is 1. The van der Waals surface area contributed by atoms with Crippen molar-refractivity contribution in [2.45, 2.75) is 4.21 Å². The van der Waals surface area contributed by atoms with Gasteiger partial charge in [0.05, 0.1) is 13.8 Å². The normalized spacial score (nSPS) is 10.6. The zero-order valence-electron chi connectivity index (χ0n) is 6.80. The standard InChI is InChI=1S/C8H5NO3S2/c10-7-5(9(11)12)2-1-4-3-6(13)14-8(4)7/h1-3,10,13H. The number of fused-ring (bicyclic) bond motifs is 1. The van der Waals surface area contributed by atoms with Crippen LogP contribution in [-0.4, -0.2) is 10.0 Å². The molecule has 0 bridgehead atoms. The molecule has 4 nitrogen and oxygen atoms in total. The Morgan fingerprint density at radius 1 is 1.50 bits per heavy atom. The van der Waals surface area contributed by atoms with Gasteiger partial charge < -0.3 is 5.11 Å². The summed E-state index contributed by atoms with van der Waals surface area (Å²) in [6, 6.07) is 4.65. The van der Waals surface area contributed by atoms with Gasteiger partial charge >= 0.3 is 5.69 Å². The largest absolute Gasteiger partial charge is 0.501 e. The van der Waals surface area contributed by atoms with Crippen molar-refractivity contribution in [3.05, 3.63) is 28.3 Å². The van der Waals surface area contributed by atoms with Crippen LogP contribution in [0.3, 0.4) is 0 Å². The van der Waals surface area contributed by atoms with E-state index >= 15 is 0 Å². The number of nitro groups is 1. The number of benzene rings is 1. The van der Waals surface area contributed by atoms with Gasteiger partial charge in [-0.15, -0.1) is 24.0 Å². The van der Waals surface area contributed by atoms with Gasteiger partial charge in [-0.3, -0.25) is 10.1 Å². The van der Waals surface area contributed by atoms with Crippen molar-refractivity contribution < 1.29 is 10.0 Å². The lowest BCUT2D eigenvalue weighted by Crippen LogP contribution is -1.87. The fourth-order valence-corrected chi connectivity index (χ4v) is 2.47. The zero-order valence-corrected chi connectivity index (χ0v) is 8.51. The summed E-state index contributed by atoms with van der Waals surface area (Å²) in [5.41, 5.74) is -0.271. The van der Waals surface area contributed by atoms with Gasteiger partial charge in [-0.2, -0.15) is 0 Å². The van der Waals surface area contributed by atoms with E-state index in [0.717, 1.165) is 9.60 Å². The lowest BCUT2D eigenvalue weighted by molar-refractivity contribution is -0.385. The number of phenols is 1. The Kier molecular flexibility index (Phi) is 2.09. The molecule has 0 spiro atoms. The van der Waals surface area contributed by atoms with Gasteiger partial charge in [0.25, 0.3) is 0 Å². The number of hydrogen-bond donors (Lipinski definition) is 2. The number of nitrogens with zero attached hydrogens (tertiary/aromatic N) is 1. The summed E-state index contributed by atoms with van der Waals surface area (Å²) in [5, 5.41) is 20.8. The molecule has 2 aromatic rings. The van der Waals surface area contributed by atoms with Crippen molar-refractivity contribution in [1.82, 2.24) is 0 Å². The smallest absolute Gasteiger partial charge is 0.312 e. The van der Waals surface area contributed by atoms with Crippen molar-refractivity contribution in [1.29, 1.82) is 0 Å². The molecule has 14 heavy (non-hydrogen) atoms. The molecular weight excluding hydrogens is 222 g/mol. The Labute approximate surface area is 88.4 Å². The van der Waals surface area contributed by atoms with Crippen LogP contribution in [0.5, 0.6) is 5.75 Å². The SMILES string of the molecule is O=[N+]([O-])c1ccc2cc(S)sc2c1O. The predicted molar refractivity (Wildman–Crippen MR) is 57.4 cm³/mol. The molecule has 1 heterocycles. The third-order valence-electron chi connectivity index (χ3n) is 1.82. The molecule has 2 rings (SSSR count). The van der Waals surface area contributed by atoms with Gasteiger partial charge in [0.1, 0.15) is 0 Å². The molecule has 0 fully saturated rings. The van der Waals surface area contributed by atoms with Gasteiger partial charge in [0, 0.05) is 6.07 Å². The van der Waals surface area contributed by atoms with E-state index in [1.165, 1.54) is 17.4 Å². The highest BCUT2D eigenvalue weighted by molar-refractivity contribution is 7.83. The first-order valence-electron chi connectivity index (χ1n) is 3.68. The van der Waals surface area contributed by atoms with Crippen molar-refractivity contribution >= 4 is 39.7 Å². The minimum absolute atomic E-state index is 0.271. The Bertz CT molecular complexity index is 521. The number of rotatable bonds is 1. The van der Waals surface area contributed by atoms with Gasteiger partial charge in [-0.05, 0) is 17.5 Å². The number of hydrogen-bond acceptors (Lipinski definition) is 5. The quantitative estimate of drug-likeness (QED) is 0.447. The summed E-state index contributed by atoms with van der Waals surface area (Å²) in [7, 11) is 0. The van der Waals surface area contributed by atoms with Crippen molar-refractivity contribution in [2.24, 2.45) is 0 Å². The van der Waals surface area contributed by atoms with Crippen LogP contribution in [0.15, 0.2) is 22.4 Å². The first-order valence-corrected chi connectivity index (χ1v) is 4.95. The van der Waals surface area contributed by atoms with Crippen LogP contribution in [-0.2, 0) is 0 Å². The Morgan fingerprint density at radius 2 is 2.21 bits per heavy atom. The van der Waals surface area contributed by atoms with Crippen LogP contribution in [0, 0.1) is 10.1 Å². The third-order valence-corrected chi connectivity index (χ3v) is 3.19. The molecule has 1 aromatic carbocycles. The summed E-state index contributed by atoms with van der Waals surface area (Å²) in [4.78, 5) is 9.90. The fraction of sp³-hybridized carbons (Fsp3) is 0. The van der Waals surface area contributed by atoms with Gasteiger partial charge in [0.15, 0.2) is 0 Å². The van der Waals surface area contributed by atoms with Crippen LogP contribution >= 0.6 is 24.0 Å². The van der Waals surface area contributed by atoms with Gasteiger partial charge in [-0.1, -0.05) is 0 Å². The number of nitro benzene ring substituents is 1. The first-order chi connectivity index (χ1) is 6.59.